The van der Waals surface area contributed by atoms with E-state index in [9.17, 15) is 0 Å². The number of nitrogens with one attached hydrogen (secondary N) is 1. The van der Waals surface area contributed by atoms with Gasteiger partial charge in [-0.3, -0.25) is 4.98 Å². The first-order valence-corrected chi connectivity index (χ1v) is 6.62. The van der Waals surface area contributed by atoms with Crippen LogP contribution in [0.2, 0.25) is 0 Å². The van der Waals surface area contributed by atoms with Crippen molar-refractivity contribution < 1.29 is 0 Å². The summed E-state index contributed by atoms with van der Waals surface area (Å²) in [5, 5.41) is 9.01. The lowest BCUT2D eigenvalue weighted by Gasteiger charge is -2.05. The van der Waals surface area contributed by atoms with E-state index >= 15 is 0 Å². The van der Waals surface area contributed by atoms with E-state index in [-0.39, 0.29) is 0 Å². The van der Waals surface area contributed by atoms with Crippen molar-refractivity contribution in [2.45, 2.75) is 13.5 Å². The quantitative estimate of drug-likeness (QED) is 0.733. The highest BCUT2D eigenvalue weighted by molar-refractivity contribution is 7.71. The zero-order chi connectivity index (χ0) is 14.1. The van der Waals surface area contributed by atoms with Crippen LogP contribution < -0.4 is 0 Å². The molecule has 0 radical (unpaired) electrons. The fraction of sp³-hybridized carbons (Fsp3) is 0.133. The first kappa shape index (κ1) is 12.6. The molecule has 0 aliphatic carbocycles. The lowest BCUT2D eigenvalue weighted by atomic mass is 10.2. The van der Waals surface area contributed by atoms with Crippen LogP contribution in [0, 0.1) is 23.0 Å². The Morgan fingerprint density at radius 2 is 2.20 bits per heavy atom. The summed E-state index contributed by atoms with van der Waals surface area (Å²) in [6, 6.07) is 11.7. The highest BCUT2D eigenvalue weighted by Crippen LogP contribution is 2.17. The van der Waals surface area contributed by atoms with E-state index in [0.29, 0.717) is 16.9 Å². The van der Waals surface area contributed by atoms with E-state index < -0.39 is 0 Å². The summed E-state index contributed by atoms with van der Waals surface area (Å²) < 4.78 is 2.63. The molecule has 2 heterocycles. The van der Waals surface area contributed by atoms with Crippen molar-refractivity contribution in [2.24, 2.45) is 0 Å². The van der Waals surface area contributed by atoms with Crippen molar-refractivity contribution in [2.75, 3.05) is 0 Å². The number of aromatic amines is 1. The number of H-pyrrole nitrogens is 1. The Bertz CT molecular complexity index is 866. The van der Waals surface area contributed by atoms with Crippen LogP contribution in [0.4, 0.5) is 0 Å². The standard InChI is InChI=1S/C15H12N4S/c1-10-2-3-12(8-17-10)9-19-14-6-11(7-16)4-5-13(14)18-15(19)20/h2-6,8H,9H2,1H3,(H,18,20). The second kappa shape index (κ2) is 4.91. The maximum Gasteiger partial charge on any atom is 0.178 e. The molecule has 0 aliphatic rings. The zero-order valence-corrected chi connectivity index (χ0v) is 11.7. The molecule has 3 aromatic rings. The van der Waals surface area contributed by atoms with E-state index in [1.807, 2.05) is 42.0 Å². The van der Waals surface area contributed by atoms with E-state index in [1.165, 1.54) is 0 Å². The van der Waals surface area contributed by atoms with Gasteiger partial charge in [0.25, 0.3) is 0 Å². The first-order chi connectivity index (χ1) is 9.67. The van der Waals surface area contributed by atoms with E-state index in [0.717, 1.165) is 22.3 Å². The molecule has 0 bridgehead atoms. The highest BCUT2D eigenvalue weighted by atomic mass is 32.1. The summed E-state index contributed by atoms with van der Waals surface area (Å²) in [4.78, 5) is 7.45. The van der Waals surface area contributed by atoms with Crippen LogP contribution >= 0.6 is 12.2 Å². The highest BCUT2D eigenvalue weighted by Gasteiger charge is 2.06. The topological polar surface area (TPSA) is 57.4 Å². The SMILES string of the molecule is Cc1ccc(Cn2c(=S)[nH]c3ccc(C#N)cc32)cn1. The maximum absolute atomic E-state index is 9.01. The molecule has 0 unspecified atom stereocenters. The molecular weight excluding hydrogens is 268 g/mol. The number of fused-ring (bicyclic) bond motifs is 1. The van der Waals surface area contributed by atoms with Crippen molar-refractivity contribution in [3.8, 4) is 6.07 Å². The normalized spacial score (nSPS) is 10.6. The number of aryl methyl sites for hydroxylation is 1. The van der Waals surface area contributed by atoms with Crippen molar-refractivity contribution in [3.63, 3.8) is 0 Å². The van der Waals surface area contributed by atoms with Gasteiger partial charge in [-0.2, -0.15) is 5.26 Å². The Morgan fingerprint density at radius 1 is 1.35 bits per heavy atom. The number of rotatable bonds is 2. The maximum atomic E-state index is 9.01. The Balaban J connectivity index is 2.11. The van der Waals surface area contributed by atoms with Gasteiger partial charge in [0.15, 0.2) is 4.77 Å². The molecule has 4 nitrogen and oxygen atoms in total. The third-order valence-corrected chi connectivity index (χ3v) is 3.54. The Labute approximate surface area is 121 Å². The molecule has 5 heteroatoms. The van der Waals surface area contributed by atoms with Gasteiger partial charge in [-0.1, -0.05) is 6.07 Å². The molecule has 98 valence electrons. The Kier molecular flexibility index (Phi) is 3.09. The number of imidazole rings is 1. The largest absolute Gasteiger partial charge is 0.331 e. The third-order valence-electron chi connectivity index (χ3n) is 3.22. The minimum Gasteiger partial charge on any atom is -0.331 e. The number of benzene rings is 1. The average Bonchev–Trinajstić information content (AvgIpc) is 2.77. The summed E-state index contributed by atoms with van der Waals surface area (Å²) >= 11 is 5.36. The molecule has 0 saturated carbocycles. The van der Waals surface area contributed by atoms with Gasteiger partial charge in [-0.25, -0.2) is 0 Å². The molecule has 0 atom stereocenters. The molecule has 20 heavy (non-hydrogen) atoms. The second-order valence-electron chi connectivity index (χ2n) is 4.67. The van der Waals surface area contributed by atoms with Crippen LogP contribution in [0.5, 0.6) is 0 Å². The lowest BCUT2D eigenvalue weighted by Crippen LogP contribution is -2.00. The fourth-order valence-corrected chi connectivity index (χ4v) is 2.43. The molecule has 0 spiro atoms. The molecule has 3 rings (SSSR count). The Morgan fingerprint density at radius 3 is 2.90 bits per heavy atom. The Hall–Kier alpha value is -2.45. The molecule has 1 N–H and O–H groups in total. The van der Waals surface area contributed by atoms with Crippen LogP contribution in [-0.2, 0) is 6.54 Å². The molecule has 0 aliphatic heterocycles. The summed E-state index contributed by atoms with van der Waals surface area (Å²) in [5.74, 6) is 0. The van der Waals surface area contributed by atoms with Crippen LogP contribution in [0.1, 0.15) is 16.8 Å². The molecule has 1 aromatic carbocycles. The van der Waals surface area contributed by atoms with Crippen LogP contribution in [0.3, 0.4) is 0 Å². The van der Waals surface area contributed by atoms with Crippen LogP contribution in [0.15, 0.2) is 36.5 Å². The average molecular weight is 280 g/mol. The van der Waals surface area contributed by atoms with E-state index in [1.54, 1.807) is 6.07 Å². The van der Waals surface area contributed by atoms with E-state index in [2.05, 4.69) is 16.0 Å². The third kappa shape index (κ3) is 2.22. The van der Waals surface area contributed by atoms with Gasteiger partial charge in [0.05, 0.1) is 29.2 Å². The second-order valence-corrected chi connectivity index (χ2v) is 5.05. The van der Waals surface area contributed by atoms with Gasteiger partial charge in [-0.15, -0.1) is 0 Å². The number of hydrogen-bond donors (Lipinski definition) is 1. The molecule has 2 aromatic heterocycles. The number of aromatic nitrogens is 3. The van der Waals surface area contributed by atoms with Gasteiger partial charge in [0, 0.05) is 11.9 Å². The van der Waals surface area contributed by atoms with E-state index in [4.69, 9.17) is 17.5 Å². The number of nitrogens with zero attached hydrogens (tertiary/aromatic N) is 3. The molecule has 0 saturated heterocycles. The summed E-state index contributed by atoms with van der Waals surface area (Å²) in [6.45, 7) is 2.60. The van der Waals surface area contributed by atoms with Crippen molar-refractivity contribution in [1.29, 1.82) is 5.26 Å². The summed E-state index contributed by atoms with van der Waals surface area (Å²) in [5.41, 5.74) is 4.57. The van der Waals surface area contributed by atoms with Crippen molar-refractivity contribution in [3.05, 3.63) is 58.1 Å². The van der Waals surface area contributed by atoms with Gasteiger partial charge in [0.2, 0.25) is 0 Å². The van der Waals surface area contributed by atoms with Gasteiger partial charge >= 0.3 is 0 Å². The van der Waals surface area contributed by atoms with Gasteiger partial charge in [-0.05, 0) is 49.0 Å². The minimum absolute atomic E-state index is 0.627. The smallest absolute Gasteiger partial charge is 0.178 e. The minimum atomic E-state index is 0.627. The molecule has 0 amide bonds. The number of pyridine rings is 1. The predicted octanol–water partition coefficient (Wildman–Crippen LogP) is 3.32. The van der Waals surface area contributed by atoms with Crippen LogP contribution in [0.25, 0.3) is 11.0 Å². The monoisotopic (exact) mass is 280 g/mol. The molecule has 0 fully saturated rings. The van der Waals surface area contributed by atoms with Gasteiger partial charge in [0.1, 0.15) is 0 Å². The fourth-order valence-electron chi connectivity index (χ4n) is 2.15. The van der Waals surface area contributed by atoms with Crippen molar-refractivity contribution in [1.82, 2.24) is 14.5 Å². The lowest BCUT2D eigenvalue weighted by molar-refractivity contribution is 0.805. The number of hydrogen-bond acceptors (Lipinski definition) is 3. The number of nitriles is 1. The van der Waals surface area contributed by atoms with Gasteiger partial charge < -0.3 is 9.55 Å². The summed E-state index contributed by atoms with van der Waals surface area (Å²) in [7, 11) is 0. The molecular formula is C15H12N4S. The predicted molar refractivity (Wildman–Crippen MR) is 79.9 cm³/mol. The summed E-state index contributed by atoms with van der Waals surface area (Å²) in [6.07, 6.45) is 1.85. The first-order valence-electron chi connectivity index (χ1n) is 6.21. The zero-order valence-electron chi connectivity index (χ0n) is 10.9. The van der Waals surface area contributed by atoms with Crippen LogP contribution in [-0.4, -0.2) is 14.5 Å². The van der Waals surface area contributed by atoms with Crippen molar-refractivity contribution >= 4 is 23.3 Å².